The van der Waals surface area contributed by atoms with E-state index in [-0.39, 0.29) is 11.9 Å². The van der Waals surface area contributed by atoms with Crippen LogP contribution in [0.25, 0.3) is 0 Å². The highest BCUT2D eigenvalue weighted by atomic mass is 16.1. The van der Waals surface area contributed by atoms with Gasteiger partial charge >= 0.3 is 0 Å². The molecule has 0 aromatic carbocycles. The summed E-state index contributed by atoms with van der Waals surface area (Å²) in [5.74, 6) is 1.56. The molecule has 1 aliphatic carbocycles. The predicted molar refractivity (Wildman–Crippen MR) is 97.8 cm³/mol. The molecule has 2 heterocycles. The van der Waals surface area contributed by atoms with Gasteiger partial charge in [0.25, 0.3) is 5.91 Å². The molecule has 25 heavy (non-hydrogen) atoms. The fourth-order valence-electron chi connectivity index (χ4n) is 2.43. The monoisotopic (exact) mass is 341 g/mol. The highest BCUT2D eigenvalue weighted by Gasteiger charge is 2.20. The van der Waals surface area contributed by atoms with E-state index in [1.165, 1.54) is 12.6 Å². The molecule has 3 rings (SSSR count). The van der Waals surface area contributed by atoms with Gasteiger partial charge in [-0.15, -0.1) is 0 Å². The van der Waals surface area contributed by atoms with E-state index in [4.69, 9.17) is 5.73 Å². The first-order chi connectivity index (χ1) is 12.0. The lowest BCUT2D eigenvalue weighted by Gasteiger charge is -2.26. The van der Waals surface area contributed by atoms with Crippen LogP contribution in [0.1, 0.15) is 43.5 Å². The second-order valence-corrected chi connectivity index (χ2v) is 6.43. The van der Waals surface area contributed by atoms with E-state index in [9.17, 15) is 4.79 Å². The molecule has 0 aliphatic heterocycles. The van der Waals surface area contributed by atoms with Crippen molar-refractivity contribution in [2.45, 2.75) is 45.2 Å². The molecule has 132 valence electrons. The molecule has 1 saturated carbocycles. The largest absolute Gasteiger partial charge is 0.384 e. The van der Waals surface area contributed by atoms with Crippen molar-refractivity contribution < 1.29 is 4.79 Å². The van der Waals surface area contributed by atoms with Crippen LogP contribution in [0.2, 0.25) is 0 Å². The number of amides is 1. The Balaban J connectivity index is 1.88. The maximum atomic E-state index is 12.4. The van der Waals surface area contributed by atoms with Gasteiger partial charge in [0, 0.05) is 18.3 Å². The van der Waals surface area contributed by atoms with Crippen LogP contribution in [-0.4, -0.2) is 32.9 Å². The number of nitrogen functional groups attached to an aromatic ring is 1. The molecule has 0 atom stereocenters. The third-order valence-electron chi connectivity index (χ3n) is 3.91. The fraction of sp³-hybridized carbons (Fsp3) is 0.412. The first-order valence-corrected chi connectivity index (χ1v) is 8.45. The van der Waals surface area contributed by atoms with Crippen LogP contribution >= 0.6 is 0 Å². The van der Waals surface area contributed by atoms with E-state index in [1.54, 1.807) is 18.2 Å². The topological polar surface area (TPSA) is 118 Å². The summed E-state index contributed by atoms with van der Waals surface area (Å²) in [5, 5.41) is 9.21. The number of nitrogens with zero attached hydrogens (tertiary/aromatic N) is 3. The number of nitrogens with one attached hydrogen (secondary N) is 3. The maximum Gasteiger partial charge on any atom is 0.256 e. The standard InChI is InChI=1S/C17H23N7O/c1-10(2)20-16(25)12-9-19-17(21-11-5-3-6-11)24-15(12)23-14-8-4-7-13(18)22-14/h4,7-11H,3,5-6H2,1-2H3,(H,20,25)(H4,18,19,21,22,23,24). The number of rotatable bonds is 6. The molecular weight excluding hydrogens is 318 g/mol. The van der Waals surface area contributed by atoms with Crippen LogP contribution in [0.5, 0.6) is 0 Å². The lowest BCUT2D eigenvalue weighted by Crippen LogP contribution is -2.31. The summed E-state index contributed by atoms with van der Waals surface area (Å²) in [6.07, 6.45) is 4.96. The summed E-state index contributed by atoms with van der Waals surface area (Å²) in [6, 6.07) is 5.66. The number of pyridine rings is 1. The normalized spacial score (nSPS) is 14.0. The van der Waals surface area contributed by atoms with Crippen molar-refractivity contribution in [2.24, 2.45) is 0 Å². The minimum absolute atomic E-state index is 0.0126. The van der Waals surface area contributed by atoms with Crippen LogP contribution in [0.4, 0.5) is 23.4 Å². The molecule has 2 aromatic rings. The number of nitrogens with two attached hydrogens (primary N) is 1. The number of anilines is 4. The molecular formula is C17H23N7O. The molecule has 1 fully saturated rings. The van der Waals surface area contributed by atoms with Gasteiger partial charge in [0.2, 0.25) is 5.95 Å². The number of carbonyl (C=O) groups is 1. The van der Waals surface area contributed by atoms with Crippen molar-refractivity contribution in [3.05, 3.63) is 30.0 Å². The van der Waals surface area contributed by atoms with Gasteiger partial charge < -0.3 is 21.7 Å². The van der Waals surface area contributed by atoms with E-state index in [2.05, 4.69) is 30.9 Å². The van der Waals surface area contributed by atoms with Gasteiger partial charge in [-0.2, -0.15) is 4.98 Å². The summed E-state index contributed by atoms with van der Waals surface area (Å²) < 4.78 is 0. The molecule has 0 unspecified atom stereocenters. The van der Waals surface area contributed by atoms with E-state index >= 15 is 0 Å². The average Bonchev–Trinajstić information content (AvgIpc) is 2.50. The summed E-state index contributed by atoms with van der Waals surface area (Å²) in [7, 11) is 0. The Morgan fingerprint density at radius 1 is 1.28 bits per heavy atom. The molecule has 0 saturated heterocycles. The minimum atomic E-state index is -0.239. The Kier molecular flexibility index (Phi) is 4.97. The molecule has 0 spiro atoms. The third kappa shape index (κ3) is 4.34. The SMILES string of the molecule is CC(C)NC(=O)c1cnc(NC2CCC2)nc1Nc1cccc(N)n1. The van der Waals surface area contributed by atoms with Crippen molar-refractivity contribution >= 4 is 29.3 Å². The van der Waals surface area contributed by atoms with Crippen LogP contribution < -0.4 is 21.7 Å². The molecule has 2 aromatic heterocycles. The molecule has 5 N–H and O–H groups in total. The highest BCUT2D eigenvalue weighted by Crippen LogP contribution is 2.24. The Bertz CT molecular complexity index is 758. The Hall–Kier alpha value is -2.90. The van der Waals surface area contributed by atoms with E-state index in [1.807, 2.05) is 13.8 Å². The van der Waals surface area contributed by atoms with Gasteiger partial charge in [0.05, 0.1) is 0 Å². The zero-order valence-electron chi connectivity index (χ0n) is 14.4. The van der Waals surface area contributed by atoms with Gasteiger partial charge in [-0.05, 0) is 45.2 Å². The Morgan fingerprint density at radius 3 is 2.72 bits per heavy atom. The van der Waals surface area contributed by atoms with Crippen LogP contribution in [0.3, 0.4) is 0 Å². The van der Waals surface area contributed by atoms with Crippen molar-refractivity contribution in [2.75, 3.05) is 16.4 Å². The van der Waals surface area contributed by atoms with Crippen molar-refractivity contribution in [3.63, 3.8) is 0 Å². The quantitative estimate of drug-likeness (QED) is 0.636. The van der Waals surface area contributed by atoms with Gasteiger partial charge in [-0.3, -0.25) is 4.79 Å². The molecule has 8 nitrogen and oxygen atoms in total. The van der Waals surface area contributed by atoms with Crippen molar-refractivity contribution in [1.29, 1.82) is 0 Å². The second-order valence-electron chi connectivity index (χ2n) is 6.43. The van der Waals surface area contributed by atoms with Gasteiger partial charge in [0.15, 0.2) is 0 Å². The smallest absolute Gasteiger partial charge is 0.256 e. The van der Waals surface area contributed by atoms with Crippen LogP contribution in [0, 0.1) is 0 Å². The number of hydrogen-bond acceptors (Lipinski definition) is 7. The summed E-state index contributed by atoms with van der Waals surface area (Å²) >= 11 is 0. The minimum Gasteiger partial charge on any atom is -0.384 e. The summed E-state index contributed by atoms with van der Waals surface area (Å²) in [4.78, 5) is 25.4. The lowest BCUT2D eigenvalue weighted by molar-refractivity contribution is 0.0943. The zero-order valence-corrected chi connectivity index (χ0v) is 14.4. The molecule has 0 radical (unpaired) electrons. The number of hydrogen-bond donors (Lipinski definition) is 4. The predicted octanol–water partition coefficient (Wildman–Crippen LogP) is 2.30. The second kappa shape index (κ2) is 7.33. The van der Waals surface area contributed by atoms with Crippen LogP contribution in [-0.2, 0) is 0 Å². The van der Waals surface area contributed by atoms with Gasteiger partial charge in [0.1, 0.15) is 23.0 Å². The van der Waals surface area contributed by atoms with Gasteiger partial charge in [-0.1, -0.05) is 6.07 Å². The lowest BCUT2D eigenvalue weighted by atomic mass is 9.93. The fourth-order valence-corrected chi connectivity index (χ4v) is 2.43. The molecule has 8 heteroatoms. The molecule has 1 aliphatic rings. The highest BCUT2D eigenvalue weighted by molar-refractivity contribution is 5.99. The molecule has 1 amide bonds. The van der Waals surface area contributed by atoms with Crippen molar-refractivity contribution in [3.8, 4) is 0 Å². The summed E-state index contributed by atoms with van der Waals surface area (Å²) in [6.45, 7) is 3.80. The van der Waals surface area contributed by atoms with Crippen LogP contribution in [0.15, 0.2) is 24.4 Å². The first kappa shape index (κ1) is 16.9. The zero-order chi connectivity index (χ0) is 17.8. The summed E-state index contributed by atoms with van der Waals surface area (Å²) in [5.41, 5.74) is 6.08. The number of aromatic nitrogens is 3. The Labute approximate surface area is 146 Å². The maximum absolute atomic E-state index is 12.4. The van der Waals surface area contributed by atoms with E-state index < -0.39 is 0 Å². The molecule has 0 bridgehead atoms. The van der Waals surface area contributed by atoms with E-state index in [0.29, 0.717) is 35.0 Å². The third-order valence-corrected chi connectivity index (χ3v) is 3.91. The van der Waals surface area contributed by atoms with E-state index in [0.717, 1.165) is 12.8 Å². The van der Waals surface area contributed by atoms with Gasteiger partial charge in [-0.25, -0.2) is 9.97 Å². The average molecular weight is 341 g/mol. The van der Waals surface area contributed by atoms with Crippen molar-refractivity contribution in [1.82, 2.24) is 20.3 Å². The number of carbonyl (C=O) groups excluding carboxylic acids is 1. The first-order valence-electron chi connectivity index (χ1n) is 8.45. The Morgan fingerprint density at radius 2 is 2.08 bits per heavy atom.